The zero-order valence-corrected chi connectivity index (χ0v) is 7.74. The van der Waals surface area contributed by atoms with Crippen molar-refractivity contribution in [2.75, 3.05) is 0 Å². The van der Waals surface area contributed by atoms with Crippen LogP contribution in [0.2, 0.25) is 10.0 Å². The van der Waals surface area contributed by atoms with Crippen molar-refractivity contribution in [1.82, 2.24) is 0 Å². The van der Waals surface area contributed by atoms with E-state index in [9.17, 15) is 13.6 Å². The Morgan fingerprint density at radius 3 is 2.38 bits per heavy atom. The first-order valence-electron chi connectivity index (χ1n) is 3.29. The summed E-state index contributed by atoms with van der Waals surface area (Å²) in [6.45, 7) is 0. The number of benzene rings is 1. The van der Waals surface area contributed by atoms with Crippen LogP contribution in [-0.4, -0.2) is 6.29 Å². The van der Waals surface area contributed by atoms with Gasteiger partial charge in [-0.15, -0.1) is 0 Å². The first kappa shape index (κ1) is 10.4. The Hall–Kier alpha value is -0.670. The molecule has 0 atom stereocenters. The lowest BCUT2D eigenvalue weighted by molar-refractivity contribution is 0.110. The summed E-state index contributed by atoms with van der Waals surface area (Å²) in [5, 5.41) is -0.0392. The van der Waals surface area contributed by atoms with E-state index >= 15 is 0 Å². The predicted molar refractivity (Wildman–Crippen MR) is 46.8 cm³/mol. The Kier molecular flexibility index (Phi) is 3.22. The van der Waals surface area contributed by atoms with Crippen LogP contribution in [-0.2, 0) is 0 Å². The Morgan fingerprint density at radius 1 is 1.31 bits per heavy atom. The van der Waals surface area contributed by atoms with Crippen molar-refractivity contribution in [3.8, 4) is 0 Å². The number of rotatable bonds is 2. The lowest BCUT2D eigenvalue weighted by atomic mass is 10.1. The SMILES string of the molecule is O=Cc1c(C(F)F)ccc(Cl)c1Cl. The summed E-state index contributed by atoms with van der Waals surface area (Å²) < 4.78 is 24.5. The fraction of sp³-hybridized carbons (Fsp3) is 0.125. The van der Waals surface area contributed by atoms with Gasteiger partial charge in [-0.3, -0.25) is 4.79 Å². The lowest BCUT2D eigenvalue weighted by Crippen LogP contribution is -1.94. The van der Waals surface area contributed by atoms with Crippen LogP contribution in [0.15, 0.2) is 12.1 Å². The number of aldehydes is 1. The van der Waals surface area contributed by atoms with Gasteiger partial charge in [-0.05, 0) is 6.07 Å². The second kappa shape index (κ2) is 4.03. The van der Waals surface area contributed by atoms with Crippen LogP contribution < -0.4 is 0 Å². The molecule has 1 rings (SSSR count). The number of carbonyl (C=O) groups is 1. The second-order valence-corrected chi connectivity index (χ2v) is 3.07. The van der Waals surface area contributed by atoms with Crippen molar-refractivity contribution in [3.63, 3.8) is 0 Å². The summed E-state index contributed by atoms with van der Waals surface area (Å²) in [5.74, 6) is 0. The van der Waals surface area contributed by atoms with Gasteiger partial charge in [-0.2, -0.15) is 0 Å². The monoisotopic (exact) mass is 224 g/mol. The summed E-state index contributed by atoms with van der Waals surface area (Å²) in [6.07, 6.45) is -2.45. The molecule has 0 saturated heterocycles. The zero-order chi connectivity index (χ0) is 10.0. The number of hydrogen-bond donors (Lipinski definition) is 0. The Morgan fingerprint density at radius 2 is 1.92 bits per heavy atom. The minimum atomic E-state index is -2.73. The molecule has 5 heteroatoms. The molecular formula is C8H4Cl2F2O. The number of carbonyl (C=O) groups excluding carboxylic acids is 1. The molecule has 0 fully saturated rings. The van der Waals surface area contributed by atoms with E-state index in [2.05, 4.69) is 0 Å². The maximum atomic E-state index is 12.3. The molecule has 1 aromatic rings. The average Bonchev–Trinajstić information content (AvgIpc) is 2.09. The van der Waals surface area contributed by atoms with Gasteiger partial charge in [-0.25, -0.2) is 8.78 Å². The molecule has 70 valence electrons. The molecule has 1 aromatic carbocycles. The fourth-order valence-electron chi connectivity index (χ4n) is 0.891. The number of hydrogen-bond acceptors (Lipinski definition) is 1. The van der Waals surface area contributed by atoms with Crippen LogP contribution in [0.25, 0.3) is 0 Å². The molecule has 0 bridgehead atoms. The van der Waals surface area contributed by atoms with Gasteiger partial charge < -0.3 is 0 Å². The molecule has 13 heavy (non-hydrogen) atoms. The average molecular weight is 225 g/mol. The molecule has 0 saturated carbocycles. The predicted octanol–water partition coefficient (Wildman–Crippen LogP) is 3.74. The lowest BCUT2D eigenvalue weighted by Gasteiger charge is -2.05. The third-order valence-electron chi connectivity index (χ3n) is 1.52. The highest BCUT2D eigenvalue weighted by atomic mass is 35.5. The first-order chi connectivity index (χ1) is 6.07. The molecule has 0 heterocycles. The first-order valence-corrected chi connectivity index (χ1v) is 4.04. The van der Waals surface area contributed by atoms with E-state index in [1.807, 2.05) is 0 Å². The zero-order valence-electron chi connectivity index (χ0n) is 6.23. The van der Waals surface area contributed by atoms with E-state index in [0.717, 1.165) is 6.07 Å². The van der Waals surface area contributed by atoms with Gasteiger partial charge in [-0.1, -0.05) is 29.3 Å². The summed E-state index contributed by atoms with van der Waals surface area (Å²) >= 11 is 11.1. The minimum Gasteiger partial charge on any atom is -0.298 e. The molecule has 0 aliphatic carbocycles. The topological polar surface area (TPSA) is 17.1 Å². The van der Waals surface area contributed by atoms with E-state index in [4.69, 9.17) is 23.2 Å². The molecule has 0 aliphatic heterocycles. The quantitative estimate of drug-likeness (QED) is 0.700. The van der Waals surface area contributed by atoms with Gasteiger partial charge in [0.1, 0.15) is 0 Å². The van der Waals surface area contributed by atoms with E-state index in [0.29, 0.717) is 0 Å². The molecule has 0 unspecified atom stereocenters. The third-order valence-corrected chi connectivity index (χ3v) is 2.34. The molecule has 1 nitrogen and oxygen atoms in total. The van der Waals surface area contributed by atoms with Crippen LogP contribution in [0, 0.1) is 0 Å². The second-order valence-electron chi connectivity index (χ2n) is 2.28. The molecule has 0 N–H and O–H groups in total. The molecule has 0 aromatic heterocycles. The highest BCUT2D eigenvalue weighted by molar-refractivity contribution is 6.43. The Bertz CT molecular complexity index is 339. The summed E-state index contributed by atoms with van der Waals surface area (Å²) in [7, 11) is 0. The van der Waals surface area contributed by atoms with Gasteiger partial charge in [0.15, 0.2) is 6.29 Å². The number of alkyl halides is 2. The highest BCUT2D eigenvalue weighted by Gasteiger charge is 2.16. The third kappa shape index (κ3) is 1.98. The highest BCUT2D eigenvalue weighted by Crippen LogP contribution is 2.32. The standard InChI is InChI=1S/C8H4Cl2F2O/c9-6-2-1-4(8(11)12)5(3-13)7(6)10/h1-3,8H. The summed E-state index contributed by atoms with van der Waals surface area (Å²) in [5.41, 5.74) is -0.645. The maximum Gasteiger partial charge on any atom is 0.264 e. The van der Waals surface area contributed by atoms with Crippen molar-refractivity contribution in [3.05, 3.63) is 33.3 Å². The summed E-state index contributed by atoms with van der Waals surface area (Å²) in [4.78, 5) is 10.4. The fourth-order valence-corrected chi connectivity index (χ4v) is 1.27. The summed E-state index contributed by atoms with van der Waals surface area (Å²) in [6, 6.07) is 2.32. The minimum absolute atomic E-state index is 0.0909. The largest absolute Gasteiger partial charge is 0.298 e. The van der Waals surface area contributed by atoms with Gasteiger partial charge in [0.2, 0.25) is 0 Å². The maximum absolute atomic E-state index is 12.3. The van der Waals surface area contributed by atoms with Crippen molar-refractivity contribution < 1.29 is 13.6 Å². The van der Waals surface area contributed by atoms with Crippen molar-refractivity contribution >= 4 is 29.5 Å². The van der Waals surface area contributed by atoms with Gasteiger partial charge in [0.05, 0.1) is 10.0 Å². The van der Waals surface area contributed by atoms with Crippen molar-refractivity contribution in [1.29, 1.82) is 0 Å². The number of halogens is 4. The molecule has 0 amide bonds. The van der Waals surface area contributed by atoms with E-state index in [1.165, 1.54) is 6.07 Å². The molecular weight excluding hydrogens is 221 g/mol. The smallest absolute Gasteiger partial charge is 0.264 e. The van der Waals surface area contributed by atoms with Crippen molar-refractivity contribution in [2.24, 2.45) is 0 Å². The van der Waals surface area contributed by atoms with Crippen LogP contribution in [0.5, 0.6) is 0 Å². The molecule has 0 radical (unpaired) electrons. The Labute approximate surface area is 83.3 Å². The van der Waals surface area contributed by atoms with Gasteiger partial charge >= 0.3 is 0 Å². The molecule has 0 spiro atoms. The van der Waals surface area contributed by atoms with Crippen LogP contribution in [0.3, 0.4) is 0 Å². The van der Waals surface area contributed by atoms with Crippen LogP contribution in [0.1, 0.15) is 22.3 Å². The Balaban J connectivity index is 3.38. The van der Waals surface area contributed by atoms with Gasteiger partial charge in [0.25, 0.3) is 6.43 Å². The normalized spacial score (nSPS) is 10.5. The van der Waals surface area contributed by atoms with Crippen LogP contribution in [0.4, 0.5) is 8.78 Å². The van der Waals surface area contributed by atoms with Crippen molar-refractivity contribution in [2.45, 2.75) is 6.43 Å². The van der Waals surface area contributed by atoms with Crippen LogP contribution >= 0.6 is 23.2 Å². The van der Waals surface area contributed by atoms with E-state index in [1.54, 1.807) is 0 Å². The van der Waals surface area contributed by atoms with E-state index in [-0.39, 0.29) is 21.9 Å². The van der Waals surface area contributed by atoms with Gasteiger partial charge in [0, 0.05) is 11.1 Å². The molecule has 0 aliphatic rings. The van der Waals surface area contributed by atoms with E-state index < -0.39 is 12.0 Å².